The van der Waals surface area contributed by atoms with Crippen LogP contribution in [0.15, 0.2) is 389 Å². The number of nitrogens with zero attached hydrogens (tertiary/aromatic N) is 2. The van der Waals surface area contributed by atoms with E-state index in [4.69, 9.17) is 0 Å². The van der Waals surface area contributed by atoms with Crippen LogP contribution in [0.1, 0.15) is 16.7 Å². The summed E-state index contributed by atoms with van der Waals surface area (Å²) in [6.07, 6.45) is 6.47. The summed E-state index contributed by atoms with van der Waals surface area (Å²) in [6, 6.07) is 142. The highest BCUT2D eigenvalue weighted by Crippen LogP contribution is 2.45. The lowest BCUT2D eigenvalue weighted by molar-refractivity contribution is 1.18. The second-order valence-corrected chi connectivity index (χ2v) is 28.8. The predicted octanol–water partition coefficient (Wildman–Crippen LogP) is 29.3. The molecule has 0 aliphatic heterocycles. The van der Waals surface area contributed by atoms with Gasteiger partial charge >= 0.3 is 0 Å². The van der Waals surface area contributed by atoms with Gasteiger partial charge in [-0.3, -0.25) is 0 Å². The fraction of sp³-hybridized carbons (Fsp3) is 0. The maximum Gasteiger partial charge on any atom is 0.0541 e. The third-order valence-corrected chi connectivity index (χ3v) is 22.6. The Morgan fingerprint density at radius 3 is 0.880 bits per heavy atom. The molecule has 0 atom stereocenters. The van der Waals surface area contributed by atoms with Crippen LogP contribution in [0.4, 0.5) is 0 Å². The highest BCUT2D eigenvalue weighted by molar-refractivity contribution is 6.27. The van der Waals surface area contributed by atoms with Gasteiger partial charge in [0, 0.05) is 32.9 Å². The van der Waals surface area contributed by atoms with E-state index < -0.39 is 0 Å². The maximum atomic E-state index is 4.22. The number of rotatable bonds is 12. The Balaban J connectivity index is 0.627. The minimum absolute atomic E-state index is 1.08. The standard InChI is InChI=1S/C106H68N2/c1-2-68-42-52-104-99(56-68)101-66-82(77-27-18-25-75(59-77)80-47-51-96-92-35-12-10-31-88(92)90-33-14-16-37-94(90)98(96)65-80)49-55-106(101)108(104)86-62-83(72-22-7-4-8-23-72)60-84(63-86)73-44-40-69(41-45-73)38-39-70-43-53-103-100(57-70)102-67-81(48-54-105(102)107(103)85-29-19-28-78(61-85)71-20-5-3-6-21-71)76-26-17-24-74(58-76)79-46-50-95-91-34-11-9-30-87(91)89-32-13-15-36-93(89)97(95)64-79/h2-67H,1H2/b39-38+. The largest absolute Gasteiger partial charge is 0.309 e. The van der Waals surface area contributed by atoms with E-state index in [-0.39, 0.29) is 0 Å². The highest BCUT2D eigenvalue weighted by atomic mass is 15.0. The Labute approximate surface area is 626 Å². The van der Waals surface area contributed by atoms with Gasteiger partial charge in [-0.1, -0.05) is 304 Å². The molecular formula is C106H68N2. The van der Waals surface area contributed by atoms with E-state index in [2.05, 4.69) is 410 Å². The lowest BCUT2D eigenvalue weighted by atomic mass is 9.91. The topological polar surface area (TPSA) is 9.86 Å². The zero-order valence-electron chi connectivity index (χ0n) is 59.2. The average molecular weight is 1370 g/mol. The Morgan fingerprint density at radius 2 is 0.426 bits per heavy atom. The van der Waals surface area contributed by atoms with E-state index in [9.17, 15) is 0 Å². The quantitative estimate of drug-likeness (QED) is 0.0852. The molecule has 21 rings (SSSR count). The number of hydrogen-bond donors (Lipinski definition) is 0. The van der Waals surface area contributed by atoms with Gasteiger partial charge in [0.15, 0.2) is 0 Å². The zero-order chi connectivity index (χ0) is 71.3. The van der Waals surface area contributed by atoms with Crippen LogP contribution in [0, 0.1) is 0 Å². The maximum absolute atomic E-state index is 4.22. The smallest absolute Gasteiger partial charge is 0.0541 e. The molecule has 0 bridgehead atoms. The summed E-state index contributed by atoms with van der Waals surface area (Å²) < 4.78 is 4.90. The molecule has 0 fully saturated rings. The van der Waals surface area contributed by atoms with Crippen molar-refractivity contribution in [3.05, 3.63) is 405 Å². The minimum atomic E-state index is 1.08. The molecule has 0 saturated heterocycles. The van der Waals surface area contributed by atoms with Crippen LogP contribution in [0.3, 0.4) is 0 Å². The summed E-state index contributed by atoms with van der Waals surface area (Å²) in [4.78, 5) is 0. The van der Waals surface area contributed by atoms with E-state index in [1.165, 1.54) is 142 Å². The molecular weight excluding hydrogens is 1300 g/mol. The molecule has 2 aromatic heterocycles. The number of fused-ring (bicyclic) bond motifs is 18. The molecule has 0 aliphatic rings. The van der Waals surface area contributed by atoms with Crippen LogP contribution in [-0.4, -0.2) is 9.13 Å². The molecule has 21 aromatic rings. The number of hydrogen-bond acceptors (Lipinski definition) is 0. The second kappa shape index (κ2) is 25.6. The van der Waals surface area contributed by atoms with Gasteiger partial charge in [-0.25, -0.2) is 0 Å². The summed E-state index contributed by atoms with van der Waals surface area (Å²) in [5.41, 5.74) is 26.6. The van der Waals surface area contributed by atoms with Crippen LogP contribution >= 0.6 is 0 Å². The van der Waals surface area contributed by atoms with E-state index >= 15 is 0 Å². The Morgan fingerprint density at radius 1 is 0.157 bits per heavy atom. The first-order chi connectivity index (χ1) is 53.4. The van der Waals surface area contributed by atoms with Crippen LogP contribution in [-0.2, 0) is 0 Å². The van der Waals surface area contributed by atoms with Gasteiger partial charge in [0.2, 0.25) is 0 Å². The second-order valence-electron chi connectivity index (χ2n) is 28.8. The fourth-order valence-electron chi connectivity index (χ4n) is 17.3. The van der Waals surface area contributed by atoms with Crippen molar-refractivity contribution in [2.24, 2.45) is 0 Å². The summed E-state index contributed by atoms with van der Waals surface area (Å²) in [5.74, 6) is 0. The first kappa shape index (κ1) is 62.4. The van der Waals surface area contributed by atoms with Gasteiger partial charge in [-0.2, -0.15) is 0 Å². The van der Waals surface area contributed by atoms with E-state index in [0.717, 1.165) is 72.4 Å². The molecule has 502 valence electrons. The molecule has 2 heteroatoms. The van der Waals surface area contributed by atoms with Gasteiger partial charge in [-0.05, 0) is 262 Å². The molecule has 0 unspecified atom stereocenters. The SMILES string of the molecule is C=Cc1ccc2c(c1)c1cc(-c3cccc(-c4ccc5c6ccccc6c6ccccc6c5c4)c3)ccc1n2-c1cc(-c2ccccc2)cc(-c2ccc(/C=C/c3ccc4c(c3)c3cc(-c5cccc(-c6ccc7c8ccccc8c8ccccc8c7c6)c5)ccc3n4-c3cccc(-c4ccccc4)c3)cc2)c1. The van der Waals surface area contributed by atoms with Crippen molar-refractivity contribution in [2.75, 3.05) is 0 Å². The van der Waals surface area contributed by atoms with Gasteiger partial charge in [0.1, 0.15) is 0 Å². The van der Waals surface area contributed by atoms with E-state index in [1.54, 1.807) is 0 Å². The molecule has 0 aliphatic carbocycles. The molecule has 0 spiro atoms. The average Bonchev–Trinajstić information content (AvgIpc) is 0.917. The third-order valence-electron chi connectivity index (χ3n) is 22.6. The summed E-state index contributed by atoms with van der Waals surface area (Å²) >= 11 is 0. The first-order valence-corrected chi connectivity index (χ1v) is 37.3. The molecule has 108 heavy (non-hydrogen) atoms. The first-order valence-electron chi connectivity index (χ1n) is 37.3. The van der Waals surface area contributed by atoms with Gasteiger partial charge < -0.3 is 9.13 Å². The van der Waals surface area contributed by atoms with Crippen molar-refractivity contribution >= 4 is 126 Å². The molecule has 0 amide bonds. The van der Waals surface area contributed by atoms with Crippen molar-refractivity contribution in [3.8, 4) is 89.3 Å². The Kier molecular flexibility index (Phi) is 14.8. The summed E-state index contributed by atoms with van der Waals surface area (Å²) in [5, 5.41) is 20.1. The van der Waals surface area contributed by atoms with Crippen LogP contribution in [0.2, 0.25) is 0 Å². The van der Waals surface area contributed by atoms with Crippen molar-refractivity contribution in [1.82, 2.24) is 9.13 Å². The lowest BCUT2D eigenvalue weighted by Gasteiger charge is -2.14. The fourth-order valence-corrected chi connectivity index (χ4v) is 17.3. The van der Waals surface area contributed by atoms with Gasteiger partial charge in [0.25, 0.3) is 0 Å². The van der Waals surface area contributed by atoms with E-state index in [0.29, 0.717) is 0 Å². The van der Waals surface area contributed by atoms with Gasteiger partial charge in [-0.15, -0.1) is 0 Å². The zero-order valence-corrected chi connectivity index (χ0v) is 59.2. The monoisotopic (exact) mass is 1370 g/mol. The number of benzene rings is 19. The van der Waals surface area contributed by atoms with Crippen LogP contribution in [0.5, 0.6) is 0 Å². The van der Waals surface area contributed by atoms with Crippen molar-refractivity contribution in [3.63, 3.8) is 0 Å². The van der Waals surface area contributed by atoms with Crippen molar-refractivity contribution in [1.29, 1.82) is 0 Å². The molecule has 0 radical (unpaired) electrons. The van der Waals surface area contributed by atoms with E-state index in [1.807, 2.05) is 6.08 Å². The van der Waals surface area contributed by atoms with Gasteiger partial charge in [0.05, 0.1) is 22.1 Å². The molecule has 0 saturated carbocycles. The Hall–Kier alpha value is -14.2. The highest BCUT2D eigenvalue weighted by Gasteiger charge is 2.20. The third kappa shape index (κ3) is 10.6. The molecule has 2 heterocycles. The summed E-state index contributed by atoms with van der Waals surface area (Å²) in [6.45, 7) is 4.22. The normalized spacial score (nSPS) is 11.9. The Bertz CT molecular complexity index is 7220. The van der Waals surface area contributed by atoms with Crippen molar-refractivity contribution < 1.29 is 0 Å². The minimum Gasteiger partial charge on any atom is -0.309 e. The van der Waals surface area contributed by atoms with Crippen molar-refractivity contribution in [2.45, 2.75) is 0 Å². The predicted molar refractivity (Wildman–Crippen MR) is 464 cm³/mol. The lowest BCUT2D eigenvalue weighted by Crippen LogP contribution is -1.96. The van der Waals surface area contributed by atoms with Crippen LogP contribution in [0.25, 0.3) is 216 Å². The molecule has 0 N–H and O–H groups in total. The van der Waals surface area contributed by atoms with Crippen LogP contribution < -0.4 is 0 Å². The summed E-state index contributed by atoms with van der Waals surface area (Å²) in [7, 11) is 0. The molecule has 19 aromatic carbocycles. The molecule has 2 nitrogen and oxygen atoms in total. The number of aromatic nitrogens is 2.